The molecule has 26 heavy (non-hydrogen) atoms. The van der Waals surface area contributed by atoms with Crippen molar-refractivity contribution in [3.8, 4) is 0 Å². The van der Waals surface area contributed by atoms with E-state index in [1.54, 1.807) is 0 Å². The van der Waals surface area contributed by atoms with E-state index in [1.807, 2.05) is 4.31 Å². The van der Waals surface area contributed by atoms with E-state index in [4.69, 9.17) is 10.5 Å². The van der Waals surface area contributed by atoms with Crippen LogP contribution in [-0.4, -0.2) is 75.4 Å². The fraction of sp³-hybridized carbons (Fsp3) is 1.00. The number of sulfonamides is 1. The van der Waals surface area contributed by atoms with Crippen LogP contribution in [0.15, 0.2) is 0 Å². The van der Waals surface area contributed by atoms with Crippen molar-refractivity contribution >= 4 is 10.0 Å². The van der Waals surface area contributed by atoms with Crippen molar-refractivity contribution in [2.45, 2.75) is 69.5 Å². The Balaban J connectivity index is 1.79. The molecule has 0 atom stereocenters. The fourth-order valence-electron chi connectivity index (χ4n) is 4.02. The molecule has 0 aromatic heterocycles. The maximum Gasteiger partial charge on any atom is 0.216 e. The molecule has 6 nitrogen and oxygen atoms in total. The Kier molecular flexibility index (Phi) is 10.4. The lowest BCUT2D eigenvalue weighted by Gasteiger charge is -2.29. The highest BCUT2D eigenvalue weighted by molar-refractivity contribution is 7.89. The third-order valence-electron chi connectivity index (χ3n) is 5.68. The maximum absolute atomic E-state index is 13.1. The van der Waals surface area contributed by atoms with Crippen molar-refractivity contribution in [1.82, 2.24) is 9.21 Å². The molecule has 2 fully saturated rings. The molecule has 0 radical (unpaired) electrons. The zero-order valence-corrected chi connectivity index (χ0v) is 17.2. The van der Waals surface area contributed by atoms with E-state index in [0.29, 0.717) is 13.1 Å². The molecule has 0 unspecified atom stereocenters. The van der Waals surface area contributed by atoms with Gasteiger partial charge in [-0.25, -0.2) is 12.7 Å². The summed E-state index contributed by atoms with van der Waals surface area (Å²) in [6, 6.07) is 0. The molecule has 2 aliphatic rings. The van der Waals surface area contributed by atoms with Gasteiger partial charge in [0.2, 0.25) is 10.0 Å². The van der Waals surface area contributed by atoms with Crippen LogP contribution in [0.3, 0.4) is 0 Å². The lowest BCUT2D eigenvalue weighted by atomic mass is 10.1. The highest BCUT2D eigenvalue weighted by Crippen LogP contribution is 2.27. The van der Waals surface area contributed by atoms with E-state index in [-0.39, 0.29) is 5.25 Å². The molecule has 1 saturated carbocycles. The van der Waals surface area contributed by atoms with Crippen LogP contribution in [0.2, 0.25) is 0 Å². The van der Waals surface area contributed by atoms with Crippen LogP contribution in [-0.2, 0) is 14.8 Å². The molecule has 0 amide bonds. The molecule has 7 heteroatoms. The fourth-order valence-corrected chi connectivity index (χ4v) is 6.14. The van der Waals surface area contributed by atoms with Crippen LogP contribution in [0.5, 0.6) is 0 Å². The summed E-state index contributed by atoms with van der Waals surface area (Å²) in [5.41, 5.74) is 5.54. The first-order chi connectivity index (χ1) is 12.6. The number of rotatable bonds is 13. The average Bonchev–Trinajstić information content (AvgIpc) is 3.19. The van der Waals surface area contributed by atoms with E-state index in [0.717, 1.165) is 104 Å². The Bertz CT molecular complexity index is 461. The molecule has 0 aromatic carbocycles. The number of nitrogens with zero attached hydrogens (tertiary/aromatic N) is 2. The molecule has 2 N–H and O–H groups in total. The standard InChI is InChI=1S/C19H39N3O3S/c20-11-6-2-1-3-7-13-22(26(23,24)19-9-4-5-10-19)14-8-12-21-15-17-25-18-16-21/h19H,1-18,20H2. The summed E-state index contributed by atoms with van der Waals surface area (Å²) in [4.78, 5) is 2.39. The SMILES string of the molecule is NCCCCCCCN(CCCN1CCOCC1)S(=O)(=O)C1CCCC1. The molecule has 154 valence electrons. The predicted octanol–water partition coefficient (Wildman–Crippen LogP) is 2.19. The minimum Gasteiger partial charge on any atom is -0.379 e. The lowest BCUT2D eigenvalue weighted by Crippen LogP contribution is -2.41. The normalized spacial score (nSPS) is 20.2. The predicted molar refractivity (Wildman–Crippen MR) is 107 cm³/mol. The Hall–Kier alpha value is -0.210. The molecular formula is C19H39N3O3S. The van der Waals surface area contributed by atoms with Gasteiger partial charge in [0.15, 0.2) is 0 Å². The van der Waals surface area contributed by atoms with Gasteiger partial charge in [0.05, 0.1) is 18.5 Å². The lowest BCUT2D eigenvalue weighted by molar-refractivity contribution is 0.0369. The van der Waals surface area contributed by atoms with Crippen molar-refractivity contribution in [3.05, 3.63) is 0 Å². The Morgan fingerprint density at radius 1 is 0.923 bits per heavy atom. The van der Waals surface area contributed by atoms with Gasteiger partial charge in [0.25, 0.3) is 0 Å². The van der Waals surface area contributed by atoms with Gasteiger partial charge in [0.1, 0.15) is 0 Å². The third-order valence-corrected chi connectivity index (χ3v) is 8.08. The molecule has 2 rings (SSSR count). The molecule has 1 aliphatic heterocycles. The second kappa shape index (κ2) is 12.3. The molecular weight excluding hydrogens is 350 g/mol. The summed E-state index contributed by atoms with van der Waals surface area (Å²) in [5, 5.41) is -0.136. The summed E-state index contributed by atoms with van der Waals surface area (Å²) >= 11 is 0. The molecule has 0 spiro atoms. The van der Waals surface area contributed by atoms with Gasteiger partial charge in [-0.15, -0.1) is 0 Å². The average molecular weight is 390 g/mol. The van der Waals surface area contributed by atoms with Gasteiger partial charge in [-0.05, 0) is 45.2 Å². The van der Waals surface area contributed by atoms with Gasteiger partial charge < -0.3 is 10.5 Å². The van der Waals surface area contributed by atoms with Crippen molar-refractivity contribution in [2.24, 2.45) is 5.73 Å². The van der Waals surface area contributed by atoms with Gasteiger partial charge in [0, 0.05) is 26.2 Å². The Morgan fingerprint density at radius 3 is 2.23 bits per heavy atom. The van der Waals surface area contributed by atoms with Gasteiger partial charge in [-0.3, -0.25) is 4.90 Å². The first-order valence-corrected chi connectivity index (χ1v) is 12.1. The third kappa shape index (κ3) is 7.43. The van der Waals surface area contributed by atoms with Crippen molar-refractivity contribution in [3.63, 3.8) is 0 Å². The van der Waals surface area contributed by atoms with E-state index in [1.165, 1.54) is 0 Å². The van der Waals surface area contributed by atoms with Crippen LogP contribution in [0.1, 0.15) is 64.2 Å². The monoisotopic (exact) mass is 389 g/mol. The molecule has 0 bridgehead atoms. The molecule has 1 aliphatic carbocycles. The highest BCUT2D eigenvalue weighted by Gasteiger charge is 2.33. The number of ether oxygens (including phenoxy) is 1. The van der Waals surface area contributed by atoms with Gasteiger partial charge >= 0.3 is 0 Å². The number of unbranched alkanes of at least 4 members (excludes halogenated alkanes) is 4. The topological polar surface area (TPSA) is 75.9 Å². The number of hydrogen-bond acceptors (Lipinski definition) is 5. The quantitative estimate of drug-likeness (QED) is 0.489. The van der Waals surface area contributed by atoms with Crippen LogP contribution in [0.4, 0.5) is 0 Å². The molecule has 1 heterocycles. The van der Waals surface area contributed by atoms with Crippen LogP contribution >= 0.6 is 0 Å². The highest BCUT2D eigenvalue weighted by atomic mass is 32.2. The Morgan fingerprint density at radius 2 is 1.54 bits per heavy atom. The molecule has 0 aromatic rings. The van der Waals surface area contributed by atoms with Crippen LogP contribution in [0.25, 0.3) is 0 Å². The van der Waals surface area contributed by atoms with Crippen molar-refractivity contribution in [1.29, 1.82) is 0 Å². The van der Waals surface area contributed by atoms with E-state index in [2.05, 4.69) is 4.90 Å². The smallest absolute Gasteiger partial charge is 0.216 e. The maximum atomic E-state index is 13.1. The van der Waals surface area contributed by atoms with Crippen molar-refractivity contribution in [2.75, 3.05) is 52.5 Å². The van der Waals surface area contributed by atoms with Crippen LogP contribution < -0.4 is 5.73 Å². The van der Waals surface area contributed by atoms with E-state index >= 15 is 0 Å². The second-order valence-corrected chi connectivity index (χ2v) is 9.93. The largest absolute Gasteiger partial charge is 0.379 e. The zero-order chi connectivity index (χ0) is 18.7. The van der Waals surface area contributed by atoms with Crippen LogP contribution in [0, 0.1) is 0 Å². The number of hydrogen-bond donors (Lipinski definition) is 1. The molecule has 1 saturated heterocycles. The summed E-state index contributed by atoms with van der Waals surface area (Å²) in [7, 11) is -3.13. The second-order valence-electron chi connectivity index (χ2n) is 7.71. The van der Waals surface area contributed by atoms with E-state index < -0.39 is 10.0 Å². The minimum absolute atomic E-state index is 0.136. The first-order valence-electron chi connectivity index (χ1n) is 10.6. The van der Waals surface area contributed by atoms with Crippen molar-refractivity contribution < 1.29 is 13.2 Å². The summed E-state index contributed by atoms with van der Waals surface area (Å²) < 4.78 is 33.3. The Labute approximate surface area is 160 Å². The number of morpholine rings is 1. The summed E-state index contributed by atoms with van der Waals surface area (Å²) in [5.74, 6) is 0. The van der Waals surface area contributed by atoms with Gasteiger partial charge in [-0.1, -0.05) is 32.1 Å². The summed E-state index contributed by atoms with van der Waals surface area (Å²) in [6.45, 7) is 6.61. The first kappa shape index (κ1) is 22.1. The number of nitrogens with two attached hydrogens (primary N) is 1. The minimum atomic E-state index is -3.13. The zero-order valence-electron chi connectivity index (χ0n) is 16.4. The van der Waals surface area contributed by atoms with E-state index in [9.17, 15) is 8.42 Å². The summed E-state index contributed by atoms with van der Waals surface area (Å²) in [6.07, 6.45) is 10.2. The van der Waals surface area contributed by atoms with Gasteiger partial charge in [-0.2, -0.15) is 0 Å².